The zero-order chi connectivity index (χ0) is 11.1. The third-order valence-electron chi connectivity index (χ3n) is 1.59. The van der Waals surface area contributed by atoms with E-state index in [4.69, 9.17) is 9.84 Å². The molecule has 0 aliphatic heterocycles. The number of nitrogens with zero attached hydrogens (tertiary/aromatic N) is 2. The first-order valence-electron chi connectivity index (χ1n) is 4.47. The van der Waals surface area contributed by atoms with Gasteiger partial charge in [0.2, 0.25) is 0 Å². The molecule has 0 spiro atoms. The molecule has 1 aromatic rings. The summed E-state index contributed by atoms with van der Waals surface area (Å²) in [5.41, 5.74) is 1.65. The van der Waals surface area contributed by atoms with Crippen LogP contribution in [-0.4, -0.2) is 39.7 Å². The Morgan fingerprint density at radius 1 is 1.80 bits per heavy atom. The number of aliphatic carboxylic acids is 1. The van der Waals surface area contributed by atoms with E-state index in [2.05, 4.69) is 10.2 Å². The molecule has 1 aromatic heterocycles. The Balaban J connectivity index is 2.25. The van der Waals surface area contributed by atoms with Crippen LogP contribution in [0.3, 0.4) is 0 Å². The van der Waals surface area contributed by atoms with Crippen LogP contribution in [0.15, 0.2) is 9.85 Å². The van der Waals surface area contributed by atoms with Crippen molar-refractivity contribution in [3.63, 3.8) is 0 Å². The topological polar surface area (TPSA) is 72.3 Å². The van der Waals surface area contributed by atoms with Gasteiger partial charge in [-0.1, -0.05) is 23.1 Å². The number of carboxylic acid groups (broad SMARTS) is 1. The molecule has 15 heavy (non-hydrogen) atoms. The summed E-state index contributed by atoms with van der Waals surface area (Å²) in [6.45, 7) is 2.20. The van der Waals surface area contributed by atoms with E-state index >= 15 is 0 Å². The molecule has 1 rings (SSSR count). The van der Waals surface area contributed by atoms with Crippen molar-refractivity contribution in [3.8, 4) is 0 Å². The fourth-order valence-corrected chi connectivity index (χ4v) is 2.50. The molecule has 0 bridgehead atoms. The molecule has 0 amide bonds. The summed E-state index contributed by atoms with van der Waals surface area (Å²) >= 11 is 2.95. The van der Waals surface area contributed by atoms with Crippen LogP contribution in [0, 0.1) is 0 Å². The number of aromatic nitrogens is 2. The lowest BCUT2D eigenvalue weighted by Gasteiger charge is -2.10. The van der Waals surface area contributed by atoms with Crippen molar-refractivity contribution in [2.75, 3.05) is 12.4 Å². The minimum atomic E-state index is -0.908. The zero-order valence-corrected chi connectivity index (χ0v) is 9.88. The number of carbonyl (C=O) groups is 1. The Hall–Kier alpha value is -0.660. The van der Waals surface area contributed by atoms with Gasteiger partial charge in [-0.15, -0.1) is 10.2 Å². The molecule has 0 radical (unpaired) electrons. The number of rotatable bonds is 7. The summed E-state index contributed by atoms with van der Waals surface area (Å²) in [4.78, 5) is 10.7. The molecule has 84 valence electrons. The van der Waals surface area contributed by atoms with E-state index in [1.807, 2.05) is 0 Å². The number of ether oxygens (including phenoxy) is 1. The van der Waals surface area contributed by atoms with E-state index in [0.717, 1.165) is 4.34 Å². The Morgan fingerprint density at radius 2 is 2.60 bits per heavy atom. The van der Waals surface area contributed by atoms with Crippen LogP contribution >= 0.6 is 23.1 Å². The lowest BCUT2D eigenvalue weighted by molar-refractivity contribution is -0.150. The molecule has 1 heterocycles. The third kappa shape index (κ3) is 4.59. The molecule has 1 N–H and O–H groups in total. The van der Waals surface area contributed by atoms with Crippen molar-refractivity contribution in [1.29, 1.82) is 0 Å². The van der Waals surface area contributed by atoms with Crippen molar-refractivity contribution in [2.24, 2.45) is 0 Å². The first-order valence-corrected chi connectivity index (χ1v) is 6.34. The predicted molar refractivity (Wildman–Crippen MR) is 58.3 cm³/mol. The molecule has 1 unspecified atom stereocenters. The quantitative estimate of drug-likeness (QED) is 0.737. The maximum absolute atomic E-state index is 10.7. The molecule has 0 aliphatic rings. The van der Waals surface area contributed by atoms with Gasteiger partial charge in [-0.2, -0.15) is 0 Å². The maximum Gasteiger partial charge on any atom is 0.332 e. The van der Waals surface area contributed by atoms with Crippen LogP contribution in [0.25, 0.3) is 0 Å². The van der Waals surface area contributed by atoms with Gasteiger partial charge in [0.15, 0.2) is 10.4 Å². The molecular formula is C8H12N2O3S2. The highest BCUT2D eigenvalue weighted by Gasteiger charge is 2.16. The second-order valence-corrected chi connectivity index (χ2v) is 4.80. The highest BCUT2D eigenvalue weighted by molar-refractivity contribution is 8.00. The van der Waals surface area contributed by atoms with Crippen LogP contribution in [0.1, 0.15) is 13.3 Å². The number of thioether (sulfide) groups is 1. The number of carboxylic acids is 1. The van der Waals surface area contributed by atoms with Crippen molar-refractivity contribution in [1.82, 2.24) is 10.2 Å². The van der Waals surface area contributed by atoms with Gasteiger partial charge in [0, 0.05) is 12.4 Å². The van der Waals surface area contributed by atoms with Gasteiger partial charge in [0.1, 0.15) is 5.51 Å². The smallest absolute Gasteiger partial charge is 0.332 e. The molecule has 5 nitrogen and oxygen atoms in total. The predicted octanol–water partition coefficient (Wildman–Crippen LogP) is 1.51. The van der Waals surface area contributed by atoms with Crippen molar-refractivity contribution >= 4 is 29.1 Å². The van der Waals surface area contributed by atoms with E-state index in [0.29, 0.717) is 18.8 Å². The fourth-order valence-electron chi connectivity index (χ4n) is 0.958. The Bertz CT molecular complexity index is 292. The van der Waals surface area contributed by atoms with Gasteiger partial charge in [-0.25, -0.2) is 4.79 Å². The third-order valence-corrected chi connectivity index (χ3v) is 3.48. The van der Waals surface area contributed by atoms with E-state index in [1.165, 1.54) is 23.1 Å². The lowest BCUT2D eigenvalue weighted by Crippen LogP contribution is -2.24. The number of hydrogen-bond acceptors (Lipinski definition) is 6. The summed E-state index contributed by atoms with van der Waals surface area (Å²) in [6.07, 6.45) is -0.233. The monoisotopic (exact) mass is 248 g/mol. The largest absolute Gasteiger partial charge is 0.479 e. The first kappa shape index (κ1) is 12.4. The van der Waals surface area contributed by atoms with E-state index < -0.39 is 12.1 Å². The fraction of sp³-hybridized carbons (Fsp3) is 0.625. The van der Waals surface area contributed by atoms with Crippen molar-refractivity contribution in [3.05, 3.63) is 5.51 Å². The average Bonchev–Trinajstić information content (AvgIpc) is 2.69. The molecule has 0 aliphatic carbocycles. The summed E-state index contributed by atoms with van der Waals surface area (Å²) in [6, 6.07) is 0. The summed E-state index contributed by atoms with van der Waals surface area (Å²) in [5, 5.41) is 16.3. The molecule has 7 heteroatoms. The standard InChI is InChI=1S/C8H12N2O3S2/c1-2-13-6(7(11)12)3-4-14-8-10-9-5-15-8/h5-6H,2-4H2,1H3,(H,11,12). The molecule has 1 atom stereocenters. The van der Waals surface area contributed by atoms with Gasteiger partial charge in [0.25, 0.3) is 0 Å². The van der Waals surface area contributed by atoms with E-state index in [1.54, 1.807) is 12.4 Å². The van der Waals surface area contributed by atoms with Crippen LogP contribution in [0.5, 0.6) is 0 Å². The van der Waals surface area contributed by atoms with E-state index in [-0.39, 0.29) is 0 Å². The Morgan fingerprint density at radius 3 is 3.13 bits per heavy atom. The minimum Gasteiger partial charge on any atom is -0.479 e. The van der Waals surface area contributed by atoms with Crippen molar-refractivity contribution < 1.29 is 14.6 Å². The highest BCUT2D eigenvalue weighted by atomic mass is 32.2. The van der Waals surface area contributed by atoms with Crippen LogP contribution in [0.4, 0.5) is 0 Å². The first-order chi connectivity index (χ1) is 7.24. The van der Waals surface area contributed by atoms with Gasteiger partial charge in [-0.3, -0.25) is 0 Å². The van der Waals surface area contributed by atoms with Crippen LogP contribution in [-0.2, 0) is 9.53 Å². The molecular weight excluding hydrogens is 236 g/mol. The number of hydrogen-bond donors (Lipinski definition) is 1. The Labute approximate surface area is 95.9 Å². The molecule has 0 saturated carbocycles. The normalized spacial score (nSPS) is 12.6. The Kier molecular flexibility index (Phi) is 5.59. The summed E-state index contributed by atoms with van der Waals surface area (Å²) in [7, 11) is 0. The lowest BCUT2D eigenvalue weighted by atomic mass is 10.3. The van der Waals surface area contributed by atoms with Gasteiger partial charge in [0.05, 0.1) is 0 Å². The summed E-state index contributed by atoms with van der Waals surface area (Å²) in [5.74, 6) is -0.235. The van der Waals surface area contributed by atoms with Gasteiger partial charge in [-0.05, 0) is 13.3 Å². The second-order valence-electron chi connectivity index (χ2n) is 2.62. The van der Waals surface area contributed by atoms with Gasteiger partial charge >= 0.3 is 5.97 Å². The maximum atomic E-state index is 10.7. The summed E-state index contributed by atoms with van der Waals surface area (Å²) < 4.78 is 5.93. The SMILES string of the molecule is CCOC(CCSc1nncs1)C(=O)O. The molecule has 0 saturated heterocycles. The van der Waals surface area contributed by atoms with Gasteiger partial charge < -0.3 is 9.84 Å². The van der Waals surface area contributed by atoms with Crippen LogP contribution in [0.2, 0.25) is 0 Å². The highest BCUT2D eigenvalue weighted by Crippen LogP contribution is 2.20. The van der Waals surface area contributed by atoms with Crippen LogP contribution < -0.4 is 0 Å². The van der Waals surface area contributed by atoms with Crippen molar-refractivity contribution in [2.45, 2.75) is 23.8 Å². The second kappa shape index (κ2) is 6.76. The molecule has 0 aromatic carbocycles. The zero-order valence-electron chi connectivity index (χ0n) is 8.25. The minimum absolute atomic E-state index is 0.417. The average molecular weight is 248 g/mol. The van der Waals surface area contributed by atoms with E-state index in [9.17, 15) is 4.79 Å². The molecule has 0 fully saturated rings.